The predicted octanol–water partition coefficient (Wildman–Crippen LogP) is 3.66. The molecule has 2 rings (SSSR count). The molecule has 0 N–H and O–H groups in total. The average Bonchev–Trinajstić information content (AvgIpc) is 2.60. The summed E-state index contributed by atoms with van der Waals surface area (Å²) >= 11 is 0. The first kappa shape index (κ1) is 17.4. The molecule has 0 heterocycles. The van der Waals surface area contributed by atoms with Crippen molar-refractivity contribution in [2.75, 3.05) is 7.11 Å². The van der Waals surface area contributed by atoms with Crippen LogP contribution in [-0.2, 0) is 9.53 Å². The standard InChI is InChI=1S/C19H17FO4/c1-13(19(22)15-7-10-16(20)11-8-15)24-18(21)12-9-14-5-3-4-6-17(14)23-2/h3-13H,1-2H3/b12-9+/t13-/m0/s1. The molecule has 2 aromatic rings. The van der Waals surface area contributed by atoms with Crippen molar-refractivity contribution >= 4 is 17.8 Å². The Kier molecular flexibility index (Phi) is 5.84. The summed E-state index contributed by atoms with van der Waals surface area (Å²) in [5.41, 5.74) is 1.000. The van der Waals surface area contributed by atoms with Gasteiger partial charge in [-0.1, -0.05) is 18.2 Å². The van der Waals surface area contributed by atoms with Crippen molar-refractivity contribution in [3.8, 4) is 5.75 Å². The third kappa shape index (κ3) is 4.52. The van der Waals surface area contributed by atoms with Crippen LogP contribution in [0.5, 0.6) is 5.75 Å². The predicted molar refractivity (Wildman–Crippen MR) is 88.3 cm³/mol. The lowest BCUT2D eigenvalue weighted by Crippen LogP contribution is -2.23. The Hall–Kier alpha value is -2.95. The summed E-state index contributed by atoms with van der Waals surface area (Å²) in [6.07, 6.45) is 1.81. The molecule has 4 nitrogen and oxygen atoms in total. The van der Waals surface area contributed by atoms with E-state index in [0.29, 0.717) is 5.75 Å². The first-order valence-electron chi connectivity index (χ1n) is 7.32. The van der Waals surface area contributed by atoms with Gasteiger partial charge in [0.1, 0.15) is 11.6 Å². The molecule has 0 saturated carbocycles. The molecule has 1 atom stereocenters. The maximum Gasteiger partial charge on any atom is 0.331 e. The number of hydrogen-bond acceptors (Lipinski definition) is 4. The molecule has 124 valence electrons. The van der Waals surface area contributed by atoms with Crippen LogP contribution < -0.4 is 4.74 Å². The molecule has 0 aliphatic rings. The van der Waals surface area contributed by atoms with Crippen LogP contribution >= 0.6 is 0 Å². The van der Waals surface area contributed by atoms with Gasteiger partial charge >= 0.3 is 5.97 Å². The van der Waals surface area contributed by atoms with E-state index in [0.717, 1.165) is 5.56 Å². The van der Waals surface area contributed by atoms with Gasteiger partial charge in [-0.15, -0.1) is 0 Å². The van der Waals surface area contributed by atoms with Crippen molar-refractivity contribution in [1.82, 2.24) is 0 Å². The zero-order valence-electron chi connectivity index (χ0n) is 13.4. The number of halogens is 1. The zero-order chi connectivity index (χ0) is 17.5. The van der Waals surface area contributed by atoms with Crippen LogP contribution in [0.25, 0.3) is 6.08 Å². The molecule has 0 bridgehead atoms. The van der Waals surface area contributed by atoms with Crippen molar-refractivity contribution < 1.29 is 23.5 Å². The summed E-state index contributed by atoms with van der Waals surface area (Å²) in [5, 5.41) is 0. The van der Waals surface area contributed by atoms with Gasteiger partial charge in [0.2, 0.25) is 5.78 Å². The SMILES string of the molecule is COc1ccccc1/C=C/C(=O)O[C@@H](C)C(=O)c1ccc(F)cc1. The van der Waals surface area contributed by atoms with E-state index < -0.39 is 23.7 Å². The molecule has 2 aromatic carbocycles. The lowest BCUT2D eigenvalue weighted by molar-refractivity contribution is -0.140. The van der Waals surface area contributed by atoms with E-state index in [9.17, 15) is 14.0 Å². The Labute approximate surface area is 139 Å². The number of benzene rings is 2. The second-order valence-electron chi connectivity index (χ2n) is 5.03. The quantitative estimate of drug-likeness (QED) is 0.461. The lowest BCUT2D eigenvalue weighted by atomic mass is 10.1. The van der Waals surface area contributed by atoms with Crippen molar-refractivity contribution in [3.05, 3.63) is 71.6 Å². The maximum atomic E-state index is 12.9. The topological polar surface area (TPSA) is 52.6 Å². The van der Waals surface area contributed by atoms with Gasteiger partial charge in [-0.3, -0.25) is 4.79 Å². The van der Waals surface area contributed by atoms with E-state index >= 15 is 0 Å². The molecule has 0 aliphatic carbocycles. The van der Waals surface area contributed by atoms with Crippen LogP contribution in [-0.4, -0.2) is 25.0 Å². The molecule has 24 heavy (non-hydrogen) atoms. The first-order valence-corrected chi connectivity index (χ1v) is 7.32. The minimum Gasteiger partial charge on any atom is -0.496 e. The average molecular weight is 328 g/mol. The fourth-order valence-corrected chi connectivity index (χ4v) is 2.08. The number of Topliss-reactive ketones (excluding diaryl/α,β-unsaturated/α-hetero) is 1. The molecule has 0 unspecified atom stereocenters. The number of methoxy groups -OCH3 is 1. The Morgan fingerprint density at radius 1 is 1.08 bits per heavy atom. The Bertz CT molecular complexity index is 750. The Morgan fingerprint density at radius 2 is 1.75 bits per heavy atom. The number of hydrogen-bond donors (Lipinski definition) is 0. The van der Waals surface area contributed by atoms with Crippen LogP contribution in [0.2, 0.25) is 0 Å². The molecule has 0 saturated heterocycles. The maximum absolute atomic E-state index is 12.9. The smallest absolute Gasteiger partial charge is 0.331 e. The van der Waals surface area contributed by atoms with Gasteiger partial charge in [-0.25, -0.2) is 9.18 Å². The molecular weight excluding hydrogens is 311 g/mol. The fourth-order valence-electron chi connectivity index (χ4n) is 2.08. The summed E-state index contributed by atoms with van der Waals surface area (Å²) in [6, 6.07) is 12.3. The van der Waals surface area contributed by atoms with Crippen LogP contribution in [0.15, 0.2) is 54.6 Å². The van der Waals surface area contributed by atoms with Crippen molar-refractivity contribution in [1.29, 1.82) is 0 Å². The zero-order valence-corrected chi connectivity index (χ0v) is 13.4. The molecule has 0 radical (unpaired) electrons. The molecule has 0 amide bonds. The lowest BCUT2D eigenvalue weighted by Gasteiger charge is -2.11. The molecular formula is C19H17FO4. The van der Waals surface area contributed by atoms with Crippen LogP contribution in [0.4, 0.5) is 4.39 Å². The third-order valence-electron chi connectivity index (χ3n) is 3.33. The van der Waals surface area contributed by atoms with Crippen molar-refractivity contribution in [3.63, 3.8) is 0 Å². The Balaban J connectivity index is 1.99. The van der Waals surface area contributed by atoms with Gasteiger partial charge in [-0.05, 0) is 43.3 Å². The highest BCUT2D eigenvalue weighted by Gasteiger charge is 2.18. The van der Waals surface area contributed by atoms with E-state index in [-0.39, 0.29) is 5.56 Å². The van der Waals surface area contributed by atoms with Gasteiger partial charge in [0.05, 0.1) is 7.11 Å². The number of esters is 1. The third-order valence-corrected chi connectivity index (χ3v) is 3.33. The second kappa shape index (κ2) is 8.06. The highest BCUT2D eigenvalue weighted by molar-refractivity contribution is 6.01. The summed E-state index contributed by atoms with van der Waals surface area (Å²) in [4.78, 5) is 24.0. The van der Waals surface area contributed by atoms with Crippen LogP contribution in [0, 0.1) is 5.82 Å². The molecule has 0 aromatic heterocycles. The number of rotatable bonds is 6. The molecule has 5 heteroatoms. The van der Waals surface area contributed by atoms with Gasteiger partial charge in [0.15, 0.2) is 6.10 Å². The van der Waals surface area contributed by atoms with E-state index in [1.165, 1.54) is 44.4 Å². The first-order chi connectivity index (χ1) is 11.5. The highest BCUT2D eigenvalue weighted by Crippen LogP contribution is 2.18. The van der Waals surface area contributed by atoms with Gasteiger partial charge in [0.25, 0.3) is 0 Å². The summed E-state index contributed by atoms with van der Waals surface area (Å²) in [5.74, 6) is -0.856. The van der Waals surface area contributed by atoms with E-state index in [1.807, 2.05) is 12.1 Å². The van der Waals surface area contributed by atoms with Crippen molar-refractivity contribution in [2.45, 2.75) is 13.0 Å². The molecule has 0 fully saturated rings. The van der Waals surface area contributed by atoms with Crippen LogP contribution in [0.1, 0.15) is 22.8 Å². The number of para-hydroxylation sites is 1. The summed E-state index contributed by atoms with van der Waals surface area (Å²) in [6.45, 7) is 1.47. The summed E-state index contributed by atoms with van der Waals surface area (Å²) < 4.78 is 23.1. The Morgan fingerprint density at radius 3 is 2.42 bits per heavy atom. The number of carbonyl (C=O) groups is 2. The minimum atomic E-state index is -0.967. The molecule has 0 spiro atoms. The fraction of sp³-hybridized carbons (Fsp3) is 0.158. The van der Waals surface area contributed by atoms with Crippen molar-refractivity contribution in [2.24, 2.45) is 0 Å². The molecule has 0 aliphatic heterocycles. The largest absolute Gasteiger partial charge is 0.496 e. The highest BCUT2D eigenvalue weighted by atomic mass is 19.1. The number of ketones is 1. The van der Waals surface area contributed by atoms with E-state index in [2.05, 4.69) is 0 Å². The van der Waals surface area contributed by atoms with Gasteiger partial charge in [0, 0.05) is 17.2 Å². The number of ether oxygens (including phenoxy) is 2. The minimum absolute atomic E-state index is 0.283. The second-order valence-corrected chi connectivity index (χ2v) is 5.03. The van der Waals surface area contributed by atoms with Gasteiger partial charge in [-0.2, -0.15) is 0 Å². The number of carbonyl (C=O) groups excluding carboxylic acids is 2. The summed E-state index contributed by atoms with van der Waals surface area (Å²) in [7, 11) is 1.54. The monoisotopic (exact) mass is 328 g/mol. The van der Waals surface area contributed by atoms with E-state index in [1.54, 1.807) is 18.2 Å². The normalized spacial score (nSPS) is 12.0. The van der Waals surface area contributed by atoms with E-state index in [4.69, 9.17) is 9.47 Å². The van der Waals surface area contributed by atoms with Gasteiger partial charge < -0.3 is 9.47 Å². The van der Waals surface area contributed by atoms with Crippen LogP contribution in [0.3, 0.4) is 0 Å².